The number of aromatic nitrogens is 3. The van der Waals surface area contributed by atoms with Crippen molar-refractivity contribution < 1.29 is 27.2 Å². The average Bonchev–Trinajstić information content (AvgIpc) is 2.90. The molecule has 4 rings (SSSR count). The van der Waals surface area contributed by atoms with Gasteiger partial charge in [-0.3, -0.25) is 4.79 Å². The predicted octanol–water partition coefficient (Wildman–Crippen LogP) is 4.95. The van der Waals surface area contributed by atoms with E-state index in [1.807, 2.05) is 19.0 Å². The van der Waals surface area contributed by atoms with Crippen molar-refractivity contribution >= 4 is 46.0 Å². The van der Waals surface area contributed by atoms with Gasteiger partial charge in [-0.25, -0.2) is 14.2 Å². The summed E-state index contributed by atoms with van der Waals surface area (Å²) in [6.45, 7) is 1.30. The van der Waals surface area contributed by atoms with Crippen molar-refractivity contribution in [3.05, 3.63) is 75.4 Å². The second-order valence-corrected chi connectivity index (χ2v) is 9.42. The highest BCUT2D eigenvalue weighted by Gasteiger charge is 2.34. The number of nitrogens with one attached hydrogen (secondary N) is 3. The van der Waals surface area contributed by atoms with Gasteiger partial charge in [0, 0.05) is 46.6 Å². The zero-order valence-electron chi connectivity index (χ0n) is 21.9. The Hall–Kier alpha value is -4.43. The third kappa shape index (κ3) is 6.84. The van der Waals surface area contributed by atoms with Gasteiger partial charge in [-0.2, -0.15) is 18.2 Å². The molecule has 0 aliphatic rings. The first-order valence-electron chi connectivity index (χ1n) is 12.0. The van der Waals surface area contributed by atoms with Crippen LogP contribution in [0.1, 0.15) is 5.56 Å². The summed E-state index contributed by atoms with van der Waals surface area (Å²) in [6.07, 6.45) is -3.42. The topological polar surface area (TPSA) is 113 Å². The molecule has 0 saturated carbocycles. The molecule has 15 heteroatoms. The van der Waals surface area contributed by atoms with Gasteiger partial charge in [-0.05, 0) is 56.6 Å². The van der Waals surface area contributed by atoms with Crippen LogP contribution in [0.25, 0.3) is 22.2 Å². The number of alkyl halides is 3. The fourth-order valence-electron chi connectivity index (χ4n) is 3.83. The second-order valence-electron chi connectivity index (χ2n) is 9.01. The van der Waals surface area contributed by atoms with Crippen LogP contribution in [0, 0.1) is 5.82 Å². The molecule has 0 spiro atoms. The van der Waals surface area contributed by atoms with Crippen LogP contribution in [-0.4, -0.2) is 59.9 Å². The zero-order chi connectivity index (χ0) is 29.9. The Labute approximate surface area is 235 Å². The Balaban J connectivity index is 1.62. The molecule has 41 heavy (non-hydrogen) atoms. The summed E-state index contributed by atoms with van der Waals surface area (Å²) in [4.78, 5) is 41.8. The molecule has 10 nitrogen and oxygen atoms in total. The van der Waals surface area contributed by atoms with Crippen molar-refractivity contribution in [3.8, 4) is 11.1 Å². The van der Waals surface area contributed by atoms with E-state index >= 15 is 0 Å². The number of carbonyl (C=O) groups excluding carboxylic acids is 1. The Bertz CT molecular complexity index is 1660. The molecule has 0 bridgehead atoms. The van der Waals surface area contributed by atoms with Crippen LogP contribution < -0.4 is 26.3 Å². The third-order valence-corrected chi connectivity index (χ3v) is 6.10. The van der Waals surface area contributed by atoms with Crippen molar-refractivity contribution in [3.63, 3.8) is 0 Å². The standard InChI is InChI=1S/C26H24ClF4N7O3/c1-37(2)9-8-32-24-33-13-14-10-18(23(39)38(41-3)22(14)36-24)17-11-15(4-6-20(17)27)34-25(40)35-16-5-7-21(28)19(12-16)26(29,30)31/h4-7,10-13H,8-9H2,1-3H3,(H,32,33,36)(H2,34,35,40). The Morgan fingerprint density at radius 1 is 1.07 bits per heavy atom. The van der Waals surface area contributed by atoms with Crippen LogP contribution in [0.4, 0.5) is 39.7 Å². The lowest BCUT2D eigenvalue weighted by Crippen LogP contribution is -2.28. The van der Waals surface area contributed by atoms with Crippen LogP contribution >= 0.6 is 11.6 Å². The number of likely N-dealkylation sites (N-methyl/N-ethyl adjacent to an activating group) is 1. The fraction of sp³-hybridized carbons (Fsp3) is 0.231. The molecule has 0 radical (unpaired) electrons. The van der Waals surface area contributed by atoms with Crippen LogP contribution in [-0.2, 0) is 6.18 Å². The first kappa shape index (κ1) is 29.6. The van der Waals surface area contributed by atoms with Crippen molar-refractivity contribution in [1.82, 2.24) is 19.6 Å². The summed E-state index contributed by atoms with van der Waals surface area (Å²) in [5.74, 6) is -1.17. The maximum Gasteiger partial charge on any atom is 0.419 e. The Morgan fingerprint density at radius 3 is 2.41 bits per heavy atom. The van der Waals surface area contributed by atoms with E-state index in [0.717, 1.165) is 17.3 Å². The van der Waals surface area contributed by atoms with Gasteiger partial charge in [0.15, 0.2) is 5.65 Å². The normalized spacial score (nSPS) is 11.5. The van der Waals surface area contributed by atoms with Crippen LogP contribution in [0.3, 0.4) is 0 Å². The molecular formula is C26H24ClF4N7O3. The van der Waals surface area contributed by atoms with E-state index < -0.39 is 29.1 Å². The molecule has 2 heterocycles. The van der Waals surface area contributed by atoms with Gasteiger partial charge in [0.2, 0.25) is 5.95 Å². The van der Waals surface area contributed by atoms with Crippen molar-refractivity contribution in [2.45, 2.75) is 6.18 Å². The summed E-state index contributed by atoms with van der Waals surface area (Å²) < 4.78 is 53.6. The number of hydrogen-bond acceptors (Lipinski definition) is 7. The third-order valence-electron chi connectivity index (χ3n) is 5.77. The van der Waals surface area contributed by atoms with Crippen molar-refractivity contribution in [2.75, 3.05) is 50.2 Å². The largest absolute Gasteiger partial charge is 0.419 e. The highest BCUT2D eigenvalue weighted by molar-refractivity contribution is 6.33. The molecule has 0 fully saturated rings. The van der Waals surface area contributed by atoms with E-state index in [9.17, 15) is 27.2 Å². The maximum absolute atomic E-state index is 13.6. The number of hydrogen-bond donors (Lipinski definition) is 3. The van der Waals surface area contributed by atoms with Crippen LogP contribution in [0.5, 0.6) is 0 Å². The van der Waals surface area contributed by atoms with Crippen LogP contribution in [0.15, 0.2) is 53.5 Å². The molecule has 0 saturated heterocycles. The zero-order valence-corrected chi connectivity index (χ0v) is 22.7. The number of nitrogens with zero attached hydrogens (tertiary/aromatic N) is 4. The number of urea groups is 1. The van der Waals surface area contributed by atoms with E-state index in [2.05, 4.69) is 25.9 Å². The minimum atomic E-state index is -4.94. The molecule has 0 atom stereocenters. The van der Waals surface area contributed by atoms with Crippen molar-refractivity contribution in [2.24, 2.45) is 0 Å². The van der Waals surface area contributed by atoms with E-state index in [1.165, 1.54) is 37.6 Å². The van der Waals surface area contributed by atoms with Gasteiger partial charge in [-0.1, -0.05) is 11.6 Å². The van der Waals surface area contributed by atoms with Gasteiger partial charge in [-0.15, -0.1) is 4.73 Å². The quantitative estimate of drug-likeness (QED) is 0.248. The number of amides is 2. The van der Waals surface area contributed by atoms with Gasteiger partial charge in [0.05, 0.1) is 11.1 Å². The highest BCUT2D eigenvalue weighted by Crippen LogP contribution is 2.33. The number of benzene rings is 2. The molecule has 3 N–H and O–H groups in total. The van der Waals surface area contributed by atoms with Gasteiger partial charge in [0.1, 0.15) is 12.9 Å². The lowest BCUT2D eigenvalue weighted by Gasteiger charge is -2.14. The maximum atomic E-state index is 13.6. The fourth-order valence-corrected chi connectivity index (χ4v) is 4.05. The lowest BCUT2D eigenvalue weighted by molar-refractivity contribution is -0.139. The predicted molar refractivity (Wildman–Crippen MR) is 148 cm³/mol. The molecule has 2 aromatic carbocycles. The number of rotatable bonds is 8. The van der Waals surface area contributed by atoms with E-state index in [1.54, 1.807) is 0 Å². The summed E-state index contributed by atoms with van der Waals surface area (Å²) >= 11 is 6.39. The number of anilines is 3. The summed E-state index contributed by atoms with van der Waals surface area (Å²) in [7, 11) is 5.15. The molecular weight excluding hydrogens is 570 g/mol. The van der Waals surface area contributed by atoms with Crippen LogP contribution in [0.2, 0.25) is 5.02 Å². The van der Waals surface area contributed by atoms with Gasteiger partial charge in [0.25, 0.3) is 5.56 Å². The number of halogens is 5. The first-order chi connectivity index (χ1) is 19.4. The second kappa shape index (κ2) is 12.0. The smallest absolute Gasteiger partial charge is 0.412 e. The summed E-state index contributed by atoms with van der Waals surface area (Å²) in [6, 6.07) is 6.97. The lowest BCUT2D eigenvalue weighted by atomic mass is 10.1. The number of pyridine rings is 1. The van der Waals surface area contributed by atoms with E-state index in [-0.39, 0.29) is 33.2 Å². The van der Waals surface area contributed by atoms with Gasteiger partial charge >= 0.3 is 12.2 Å². The summed E-state index contributed by atoms with van der Waals surface area (Å²) in [5, 5.41) is 8.39. The first-order valence-corrected chi connectivity index (χ1v) is 12.4. The molecule has 0 aliphatic carbocycles. The molecule has 0 aliphatic heterocycles. The van der Waals surface area contributed by atoms with Crippen molar-refractivity contribution in [1.29, 1.82) is 0 Å². The van der Waals surface area contributed by atoms with E-state index in [0.29, 0.717) is 30.0 Å². The average molecular weight is 594 g/mol. The Morgan fingerprint density at radius 2 is 1.76 bits per heavy atom. The number of fused-ring (bicyclic) bond motifs is 1. The monoisotopic (exact) mass is 593 g/mol. The molecule has 0 unspecified atom stereocenters. The Kier molecular flexibility index (Phi) is 8.63. The minimum absolute atomic E-state index is 0.110. The SMILES string of the molecule is COn1c(=O)c(-c2cc(NC(=O)Nc3ccc(F)c(C(F)(F)F)c3)ccc2Cl)cc2cnc(NCCN(C)C)nc21. The van der Waals surface area contributed by atoms with Gasteiger partial charge < -0.3 is 25.7 Å². The minimum Gasteiger partial charge on any atom is -0.412 e. The molecule has 4 aromatic rings. The summed E-state index contributed by atoms with van der Waals surface area (Å²) in [5.41, 5.74) is -1.66. The molecule has 2 aromatic heterocycles. The van der Waals surface area contributed by atoms with E-state index in [4.69, 9.17) is 16.4 Å². The molecule has 216 valence electrons. The molecule has 2 amide bonds. The highest BCUT2D eigenvalue weighted by atomic mass is 35.5. The number of carbonyl (C=O) groups is 1.